The van der Waals surface area contributed by atoms with Gasteiger partial charge in [0.25, 0.3) is 11.7 Å². The Kier molecular flexibility index (Phi) is 3.45. The molecule has 1 saturated heterocycles. The first kappa shape index (κ1) is 11.0. The first-order valence-corrected chi connectivity index (χ1v) is 5.41. The van der Waals surface area contributed by atoms with Crippen LogP contribution in [0.1, 0.15) is 24.0 Å². The Balaban J connectivity index is 1.96. The first-order valence-electron chi connectivity index (χ1n) is 5.41. The molecule has 2 rings (SSSR count). The van der Waals surface area contributed by atoms with Gasteiger partial charge in [0.05, 0.1) is 6.61 Å². The predicted octanol–water partition coefficient (Wildman–Crippen LogP) is -0.302. The van der Waals surface area contributed by atoms with E-state index in [4.69, 9.17) is 4.74 Å². The van der Waals surface area contributed by atoms with Gasteiger partial charge < -0.3 is 9.64 Å². The van der Waals surface area contributed by atoms with E-state index in [1.165, 1.54) is 0 Å². The molecule has 0 spiro atoms. The van der Waals surface area contributed by atoms with Crippen LogP contribution in [0.2, 0.25) is 0 Å². The van der Waals surface area contributed by atoms with Crippen LogP contribution in [0.15, 0.2) is 0 Å². The van der Waals surface area contributed by atoms with Gasteiger partial charge in [0.2, 0.25) is 0 Å². The summed E-state index contributed by atoms with van der Waals surface area (Å²) in [6, 6.07) is 0. The average Bonchev–Trinajstić information content (AvgIpc) is 2.97. The SMILES string of the molecule is CCN(CC1CCOC1)C(=O)c1nn[nH]n1. The molecule has 0 aliphatic carbocycles. The molecular weight excluding hydrogens is 210 g/mol. The maximum atomic E-state index is 11.9. The number of aromatic nitrogens is 4. The highest BCUT2D eigenvalue weighted by atomic mass is 16.5. The largest absolute Gasteiger partial charge is 0.381 e. The normalized spacial score (nSPS) is 19.9. The maximum absolute atomic E-state index is 11.9. The van der Waals surface area contributed by atoms with E-state index >= 15 is 0 Å². The quantitative estimate of drug-likeness (QED) is 0.760. The van der Waals surface area contributed by atoms with Gasteiger partial charge in [0.1, 0.15) is 0 Å². The fourth-order valence-electron chi connectivity index (χ4n) is 1.79. The van der Waals surface area contributed by atoms with Crippen LogP contribution in [0.4, 0.5) is 0 Å². The Labute approximate surface area is 93.2 Å². The van der Waals surface area contributed by atoms with E-state index in [1.54, 1.807) is 4.90 Å². The number of aromatic amines is 1. The standard InChI is InChI=1S/C9H15N5O2/c1-2-14(5-7-3-4-16-6-7)9(15)8-10-12-13-11-8/h7H,2-6H2,1H3,(H,10,11,12,13). The topological polar surface area (TPSA) is 84.0 Å². The molecule has 0 saturated carbocycles. The predicted molar refractivity (Wildman–Crippen MR) is 54.7 cm³/mol. The highest BCUT2D eigenvalue weighted by Gasteiger charge is 2.24. The number of ether oxygens (including phenoxy) is 1. The molecule has 1 aliphatic rings. The van der Waals surface area contributed by atoms with Gasteiger partial charge in [-0.2, -0.15) is 5.21 Å². The molecule has 1 aliphatic heterocycles. The lowest BCUT2D eigenvalue weighted by molar-refractivity contribution is 0.0718. The van der Waals surface area contributed by atoms with Crippen LogP contribution < -0.4 is 0 Å². The lowest BCUT2D eigenvalue weighted by atomic mass is 10.1. The summed E-state index contributed by atoms with van der Waals surface area (Å²) in [5, 5.41) is 13.0. The highest BCUT2D eigenvalue weighted by molar-refractivity contribution is 5.90. The molecule has 0 aromatic carbocycles. The first-order chi connectivity index (χ1) is 7.81. The smallest absolute Gasteiger partial charge is 0.295 e. The van der Waals surface area contributed by atoms with Crippen LogP contribution in [-0.2, 0) is 4.74 Å². The molecule has 0 radical (unpaired) electrons. The van der Waals surface area contributed by atoms with Crippen LogP contribution in [0, 0.1) is 5.92 Å². The third-order valence-corrected chi connectivity index (χ3v) is 2.71. The molecule has 16 heavy (non-hydrogen) atoms. The van der Waals surface area contributed by atoms with Crippen LogP contribution in [0.3, 0.4) is 0 Å². The van der Waals surface area contributed by atoms with Crippen molar-refractivity contribution in [3.8, 4) is 0 Å². The number of amides is 1. The third-order valence-electron chi connectivity index (χ3n) is 2.71. The summed E-state index contributed by atoms with van der Waals surface area (Å²) >= 11 is 0. The zero-order valence-electron chi connectivity index (χ0n) is 9.22. The fraction of sp³-hybridized carbons (Fsp3) is 0.778. The number of carbonyl (C=O) groups is 1. The van der Waals surface area contributed by atoms with E-state index in [0.717, 1.165) is 19.6 Å². The zero-order chi connectivity index (χ0) is 11.4. The summed E-state index contributed by atoms with van der Waals surface area (Å²) < 4.78 is 5.29. The summed E-state index contributed by atoms with van der Waals surface area (Å²) in [4.78, 5) is 13.7. The van der Waals surface area contributed by atoms with Crippen molar-refractivity contribution < 1.29 is 9.53 Å². The van der Waals surface area contributed by atoms with Gasteiger partial charge in [0.15, 0.2) is 0 Å². The van der Waals surface area contributed by atoms with Gasteiger partial charge in [-0.25, -0.2) is 0 Å². The summed E-state index contributed by atoms with van der Waals surface area (Å²) in [6.07, 6.45) is 1.01. The second-order valence-corrected chi connectivity index (χ2v) is 3.81. The van der Waals surface area contributed by atoms with Crippen molar-refractivity contribution in [2.45, 2.75) is 13.3 Å². The van der Waals surface area contributed by atoms with E-state index < -0.39 is 0 Å². The van der Waals surface area contributed by atoms with Crippen molar-refractivity contribution in [3.05, 3.63) is 5.82 Å². The molecule has 1 unspecified atom stereocenters. The minimum Gasteiger partial charge on any atom is -0.381 e. The van der Waals surface area contributed by atoms with Crippen LogP contribution >= 0.6 is 0 Å². The Hall–Kier alpha value is -1.50. The molecule has 1 N–H and O–H groups in total. The summed E-state index contributed by atoms with van der Waals surface area (Å²) in [6.45, 7) is 4.80. The molecule has 1 amide bonds. The average molecular weight is 225 g/mol. The van der Waals surface area contributed by atoms with Crippen molar-refractivity contribution in [2.24, 2.45) is 5.92 Å². The van der Waals surface area contributed by atoms with Crippen molar-refractivity contribution in [3.63, 3.8) is 0 Å². The van der Waals surface area contributed by atoms with E-state index in [2.05, 4.69) is 20.6 Å². The van der Waals surface area contributed by atoms with Gasteiger partial charge in [-0.1, -0.05) is 0 Å². The second-order valence-electron chi connectivity index (χ2n) is 3.81. The third kappa shape index (κ3) is 2.35. The molecule has 88 valence electrons. The number of nitrogens with one attached hydrogen (secondary N) is 1. The minimum atomic E-state index is -0.178. The molecular formula is C9H15N5O2. The molecule has 2 heterocycles. The van der Waals surface area contributed by atoms with Crippen molar-refractivity contribution >= 4 is 5.91 Å². The molecule has 1 fully saturated rings. The van der Waals surface area contributed by atoms with Gasteiger partial charge in [-0.15, -0.1) is 10.2 Å². The number of rotatable bonds is 4. The number of H-pyrrole nitrogens is 1. The Morgan fingerprint density at radius 1 is 1.69 bits per heavy atom. The number of nitrogens with zero attached hydrogens (tertiary/aromatic N) is 4. The summed E-state index contributed by atoms with van der Waals surface area (Å²) in [5.41, 5.74) is 0. The van der Waals surface area contributed by atoms with Crippen molar-refractivity contribution in [1.82, 2.24) is 25.5 Å². The Morgan fingerprint density at radius 3 is 3.12 bits per heavy atom. The van der Waals surface area contributed by atoms with Crippen LogP contribution in [0.25, 0.3) is 0 Å². The summed E-state index contributed by atoms with van der Waals surface area (Å²) in [5.74, 6) is 0.375. The second kappa shape index (κ2) is 5.02. The van der Waals surface area contributed by atoms with Crippen molar-refractivity contribution in [1.29, 1.82) is 0 Å². The fourth-order valence-corrected chi connectivity index (χ4v) is 1.79. The van der Waals surface area contributed by atoms with E-state index in [-0.39, 0.29) is 11.7 Å². The molecule has 1 aromatic rings. The zero-order valence-corrected chi connectivity index (χ0v) is 9.22. The van der Waals surface area contributed by atoms with E-state index in [0.29, 0.717) is 19.0 Å². The molecule has 7 nitrogen and oxygen atoms in total. The van der Waals surface area contributed by atoms with Crippen LogP contribution in [-0.4, -0.2) is 57.7 Å². The molecule has 7 heteroatoms. The molecule has 1 aromatic heterocycles. The van der Waals surface area contributed by atoms with Crippen molar-refractivity contribution in [2.75, 3.05) is 26.3 Å². The number of tetrazole rings is 1. The monoisotopic (exact) mass is 225 g/mol. The van der Waals surface area contributed by atoms with Crippen LogP contribution in [0.5, 0.6) is 0 Å². The summed E-state index contributed by atoms with van der Waals surface area (Å²) in [7, 11) is 0. The van der Waals surface area contributed by atoms with Gasteiger partial charge >= 0.3 is 0 Å². The van der Waals surface area contributed by atoms with E-state index in [9.17, 15) is 4.79 Å². The van der Waals surface area contributed by atoms with E-state index in [1.807, 2.05) is 6.92 Å². The number of hydrogen-bond acceptors (Lipinski definition) is 5. The number of hydrogen-bond donors (Lipinski definition) is 1. The van der Waals surface area contributed by atoms with Gasteiger partial charge in [-0.05, 0) is 18.6 Å². The lowest BCUT2D eigenvalue weighted by Gasteiger charge is -2.21. The molecule has 0 bridgehead atoms. The highest BCUT2D eigenvalue weighted by Crippen LogP contribution is 2.14. The molecule has 1 atom stereocenters. The maximum Gasteiger partial charge on any atom is 0.295 e. The van der Waals surface area contributed by atoms with Gasteiger partial charge in [-0.3, -0.25) is 4.79 Å². The minimum absolute atomic E-state index is 0.126. The number of carbonyl (C=O) groups excluding carboxylic acids is 1. The van der Waals surface area contributed by atoms with Gasteiger partial charge in [0, 0.05) is 25.6 Å². The lowest BCUT2D eigenvalue weighted by Crippen LogP contribution is -2.36. The Bertz CT molecular complexity index is 334. The Morgan fingerprint density at radius 2 is 2.56 bits per heavy atom.